The van der Waals surface area contributed by atoms with Crippen LogP contribution in [0.5, 0.6) is 11.5 Å². The summed E-state index contributed by atoms with van der Waals surface area (Å²) < 4.78 is 11.0. The van der Waals surface area contributed by atoms with Gasteiger partial charge in [-0.05, 0) is 62.2 Å². The van der Waals surface area contributed by atoms with Crippen LogP contribution in [0.2, 0.25) is 0 Å². The van der Waals surface area contributed by atoms with Gasteiger partial charge in [-0.3, -0.25) is 4.79 Å². The van der Waals surface area contributed by atoms with Crippen LogP contribution in [0.15, 0.2) is 53.9 Å². The number of aromatic nitrogens is 1. The maximum Gasteiger partial charge on any atom is 0.254 e. The van der Waals surface area contributed by atoms with Crippen molar-refractivity contribution in [3.8, 4) is 11.5 Å². The van der Waals surface area contributed by atoms with Gasteiger partial charge < -0.3 is 14.4 Å². The Labute approximate surface area is 182 Å². The van der Waals surface area contributed by atoms with Crippen LogP contribution in [0, 0.1) is 6.92 Å². The van der Waals surface area contributed by atoms with Crippen molar-refractivity contribution in [1.29, 1.82) is 0 Å². The van der Waals surface area contributed by atoms with Gasteiger partial charge in [0.25, 0.3) is 5.91 Å². The first-order valence-electron chi connectivity index (χ1n) is 10.1. The Bertz CT molecular complexity index is 969. The molecule has 5 nitrogen and oxygen atoms in total. The van der Waals surface area contributed by atoms with Gasteiger partial charge in [-0.1, -0.05) is 19.1 Å². The average Bonchev–Trinajstić information content (AvgIpc) is 3.23. The number of hydrogen-bond donors (Lipinski definition) is 0. The topological polar surface area (TPSA) is 51.7 Å². The highest BCUT2D eigenvalue weighted by molar-refractivity contribution is 7.09. The molecule has 1 aromatic heterocycles. The molecule has 0 aliphatic heterocycles. The smallest absolute Gasteiger partial charge is 0.254 e. The Balaban J connectivity index is 1.68. The van der Waals surface area contributed by atoms with Crippen molar-refractivity contribution in [2.24, 2.45) is 0 Å². The van der Waals surface area contributed by atoms with Gasteiger partial charge in [-0.2, -0.15) is 0 Å². The van der Waals surface area contributed by atoms with Crippen molar-refractivity contribution < 1.29 is 14.3 Å². The summed E-state index contributed by atoms with van der Waals surface area (Å²) in [5.41, 5.74) is 2.69. The zero-order valence-corrected chi connectivity index (χ0v) is 18.7. The van der Waals surface area contributed by atoms with Crippen LogP contribution in [-0.4, -0.2) is 28.9 Å². The maximum atomic E-state index is 13.1. The van der Waals surface area contributed by atoms with Gasteiger partial charge in [0.15, 0.2) is 0 Å². The van der Waals surface area contributed by atoms with Gasteiger partial charge in [-0.25, -0.2) is 4.98 Å². The lowest BCUT2D eigenvalue weighted by molar-refractivity contribution is 0.0669. The standard InChI is InChI=1S/C24H28N2O3S/c1-5-18(3)26(24(27)19-9-11-21(28-4)12-10-19)14-20-16-30-23(25-20)15-29-22-8-6-7-17(2)13-22/h6-13,16,18H,5,14-15H2,1-4H3/t18-/m0/s1. The largest absolute Gasteiger partial charge is 0.497 e. The number of carbonyl (C=O) groups is 1. The zero-order chi connectivity index (χ0) is 21.5. The fourth-order valence-electron chi connectivity index (χ4n) is 3.06. The Morgan fingerprint density at radius 3 is 2.60 bits per heavy atom. The summed E-state index contributed by atoms with van der Waals surface area (Å²) in [6.07, 6.45) is 0.870. The summed E-state index contributed by atoms with van der Waals surface area (Å²) >= 11 is 1.56. The van der Waals surface area contributed by atoms with E-state index in [9.17, 15) is 4.79 Å². The molecule has 0 saturated carbocycles. The van der Waals surface area contributed by atoms with Crippen LogP contribution < -0.4 is 9.47 Å². The molecule has 0 radical (unpaired) electrons. The number of hydrogen-bond acceptors (Lipinski definition) is 5. The second-order valence-electron chi connectivity index (χ2n) is 7.26. The molecule has 0 saturated heterocycles. The molecule has 3 aromatic rings. The highest BCUT2D eigenvalue weighted by atomic mass is 32.1. The van der Waals surface area contributed by atoms with Crippen molar-refractivity contribution in [2.75, 3.05) is 7.11 Å². The van der Waals surface area contributed by atoms with E-state index in [1.165, 1.54) is 0 Å². The number of thiazole rings is 1. The summed E-state index contributed by atoms with van der Waals surface area (Å²) in [5.74, 6) is 1.57. The number of amides is 1. The third-order valence-corrected chi connectivity index (χ3v) is 5.88. The third-order valence-electron chi connectivity index (χ3n) is 5.00. The van der Waals surface area contributed by atoms with E-state index in [2.05, 4.69) is 18.8 Å². The minimum absolute atomic E-state index is 0.00226. The lowest BCUT2D eigenvalue weighted by atomic mass is 10.1. The molecule has 6 heteroatoms. The lowest BCUT2D eigenvalue weighted by Crippen LogP contribution is -2.37. The fourth-order valence-corrected chi connectivity index (χ4v) is 3.76. The van der Waals surface area contributed by atoms with E-state index >= 15 is 0 Å². The summed E-state index contributed by atoms with van der Waals surface area (Å²) in [5, 5.41) is 2.90. The van der Waals surface area contributed by atoms with Gasteiger partial charge in [-0.15, -0.1) is 11.3 Å². The minimum atomic E-state index is -0.00226. The second-order valence-corrected chi connectivity index (χ2v) is 8.20. The predicted octanol–water partition coefficient (Wildman–Crippen LogP) is 5.48. The molecule has 1 amide bonds. The number of ether oxygens (including phenoxy) is 2. The van der Waals surface area contributed by atoms with Crippen molar-refractivity contribution >= 4 is 17.2 Å². The Hall–Kier alpha value is -2.86. The highest BCUT2D eigenvalue weighted by Crippen LogP contribution is 2.20. The van der Waals surface area contributed by atoms with Crippen LogP contribution in [-0.2, 0) is 13.2 Å². The summed E-state index contributed by atoms with van der Waals surface area (Å²) in [4.78, 5) is 19.7. The molecule has 0 aliphatic carbocycles. The van der Waals surface area contributed by atoms with E-state index in [4.69, 9.17) is 9.47 Å². The molecule has 0 fully saturated rings. The normalized spacial score (nSPS) is 11.7. The van der Waals surface area contributed by atoms with Crippen molar-refractivity contribution in [3.05, 3.63) is 75.7 Å². The maximum absolute atomic E-state index is 13.1. The third kappa shape index (κ3) is 5.60. The summed E-state index contributed by atoms with van der Waals surface area (Å²) in [6.45, 7) is 7.08. The Morgan fingerprint density at radius 2 is 1.93 bits per heavy atom. The first kappa shape index (κ1) is 21.8. The van der Waals surface area contributed by atoms with E-state index in [0.29, 0.717) is 18.7 Å². The van der Waals surface area contributed by atoms with Crippen LogP contribution in [0.4, 0.5) is 0 Å². The van der Waals surface area contributed by atoms with Gasteiger partial charge in [0.1, 0.15) is 23.1 Å². The van der Waals surface area contributed by atoms with Gasteiger partial charge >= 0.3 is 0 Å². The van der Waals surface area contributed by atoms with Crippen LogP contribution in [0.1, 0.15) is 46.9 Å². The lowest BCUT2D eigenvalue weighted by Gasteiger charge is -2.28. The van der Waals surface area contributed by atoms with Crippen molar-refractivity contribution in [2.45, 2.75) is 46.4 Å². The van der Waals surface area contributed by atoms with Crippen LogP contribution in [0.25, 0.3) is 0 Å². The first-order chi connectivity index (χ1) is 14.5. The fraction of sp³-hybridized carbons (Fsp3) is 0.333. The number of benzene rings is 2. The van der Waals surface area contributed by atoms with E-state index in [0.717, 1.165) is 34.2 Å². The molecule has 1 atom stereocenters. The SMILES string of the molecule is CC[C@H](C)N(Cc1csc(COc2cccc(C)c2)n1)C(=O)c1ccc(OC)cc1. The van der Waals surface area contributed by atoms with Crippen molar-refractivity contribution in [1.82, 2.24) is 9.88 Å². The second kappa shape index (κ2) is 10.3. The van der Waals surface area contributed by atoms with E-state index in [-0.39, 0.29) is 11.9 Å². The molecule has 0 spiro atoms. The highest BCUT2D eigenvalue weighted by Gasteiger charge is 2.22. The van der Waals surface area contributed by atoms with E-state index < -0.39 is 0 Å². The number of methoxy groups -OCH3 is 1. The number of aryl methyl sites for hydroxylation is 1. The van der Waals surface area contributed by atoms with E-state index in [1.807, 2.05) is 53.6 Å². The minimum Gasteiger partial charge on any atom is -0.497 e. The number of rotatable bonds is 9. The van der Waals surface area contributed by atoms with Crippen molar-refractivity contribution in [3.63, 3.8) is 0 Å². The van der Waals surface area contributed by atoms with Gasteiger partial charge in [0.2, 0.25) is 0 Å². The average molecular weight is 425 g/mol. The summed E-state index contributed by atoms with van der Waals surface area (Å²) in [7, 11) is 1.62. The number of carbonyl (C=O) groups excluding carboxylic acids is 1. The first-order valence-corrected chi connectivity index (χ1v) is 11.0. The molecule has 0 N–H and O–H groups in total. The molecule has 158 valence electrons. The molecule has 3 rings (SSSR count). The molecular weight excluding hydrogens is 396 g/mol. The monoisotopic (exact) mass is 424 g/mol. The summed E-state index contributed by atoms with van der Waals surface area (Å²) in [6, 6.07) is 15.3. The molecular formula is C24H28N2O3S. The molecule has 0 unspecified atom stereocenters. The van der Waals surface area contributed by atoms with E-state index in [1.54, 1.807) is 30.6 Å². The van der Waals surface area contributed by atoms with Crippen LogP contribution >= 0.6 is 11.3 Å². The predicted molar refractivity (Wildman–Crippen MR) is 120 cm³/mol. The molecule has 1 heterocycles. The van der Waals surface area contributed by atoms with Crippen LogP contribution in [0.3, 0.4) is 0 Å². The zero-order valence-electron chi connectivity index (χ0n) is 17.9. The quantitative estimate of drug-likeness (QED) is 0.456. The molecule has 0 aliphatic rings. The Kier molecular flexibility index (Phi) is 7.46. The molecule has 0 bridgehead atoms. The Morgan fingerprint density at radius 1 is 1.17 bits per heavy atom. The van der Waals surface area contributed by atoms with Gasteiger partial charge in [0.05, 0.1) is 19.3 Å². The molecule has 30 heavy (non-hydrogen) atoms. The van der Waals surface area contributed by atoms with Gasteiger partial charge in [0, 0.05) is 17.0 Å². The molecule has 2 aromatic carbocycles. The number of nitrogens with zero attached hydrogens (tertiary/aromatic N) is 2.